The molecule has 0 spiro atoms. The summed E-state index contributed by atoms with van der Waals surface area (Å²) in [5.74, 6) is -0.0626. The molecule has 2 aromatic rings. The molecule has 0 atom stereocenters. The highest BCUT2D eigenvalue weighted by Gasteiger charge is 2.08. The molecule has 0 saturated heterocycles. The third-order valence-electron chi connectivity index (χ3n) is 2.62. The van der Waals surface area contributed by atoms with E-state index >= 15 is 0 Å². The Morgan fingerprint density at radius 2 is 2.06 bits per heavy atom. The second kappa shape index (κ2) is 5.23. The first-order valence-corrected chi connectivity index (χ1v) is 5.91. The second-order valence-electron chi connectivity index (χ2n) is 4.10. The van der Waals surface area contributed by atoms with Crippen LogP contribution in [0.25, 0.3) is 0 Å². The summed E-state index contributed by atoms with van der Waals surface area (Å²) in [6, 6.07) is 7.56. The zero-order valence-corrected chi connectivity index (χ0v) is 10.7. The summed E-state index contributed by atoms with van der Waals surface area (Å²) >= 11 is 5.82. The number of nitrogens with zero attached hydrogens (tertiary/aromatic N) is 2. The lowest BCUT2D eigenvalue weighted by Crippen LogP contribution is -2.01. The Labute approximate surface area is 110 Å². The maximum atomic E-state index is 10.6. The minimum atomic E-state index is -0.869. The molecule has 1 aromatic heterocycles. The summed E-state index contributed by atoms with van der Waals surface area (Å²) in [6.07, 6.45) is 1.73. The van der Waals surface area contributed by atoms with Crippen LogP contribution < -0.4 is 0 Å². The van der Waals surface area contributed by atoms with Gasteiger partial charge >= 0.3 is 5.97 Å². The van der Waals surface area contributed by atoms with E-state index in [0.29, 0.717) is 17.3 Å². The maximum Gasteiger partial charge on any atom is 0.309 e. The van der Waals surface area contributed by atoms with Gasteiger partial charge in [-0.3, -0.25) is 4.79 Å². The number of carbonyl (C=O) groups is 1. The first kappa shape index (κ1) is 12.6. The molecule has 0 aliphatic carbocycles. The highest BCUT2D eigenvalue weighted by atomic mass is 35.5. The van der Waals surface area contributed by atoms with Crippen LogP contribution in [-0.4, -0.2) is 20.6 Å². The van der Waals surface area contributed by atoms with Gasteiger partial charge in [-0.2, -0.15) is 0 Å². The van der Waals surface area contributed by atoms with Crippen LogP contribution in [0.3, 0.4) is 0 Å². The lowest BCUT2D eigenvalue weighted by Gasteiger charge is -2.04. The number of halogens is 1. The molecule has 2 rings (SSSR count). The molecule has 0 aliphatic heterocycles. The topological polar surface area (TPSA) is 55.1 Å². The summed E-state index contributed by atoms with van der Waals surface area (Å²) < 4.78 is 1.93. The van der Waals surface area contributed by atoms with Crippen molar-refractivity contribution in [2.24, 2.45) is 0 Å². The SMILES string of the molecule is Cc1nc(CC(=O)O)cn1Cc1ccc(Cl)cc1. The van der Waals surface area contributed by atoms with Gasteiger partial charge in [0.1, 0.15) is 5.82 Å². The average Bonchev–Trinajstić information content (AvgIpc) is 2.61. The quantitative estimate of drug-likeness (QED) is 0.923. The highest BCUT2D eigenvalue weighted by molar-refractivity contribution is 6.30. The molecule has 1 heterocycles. The summed E-state index contributed by atoms with van der Waals surface area (Å²) in [5, 5.41) is 9.42. The van der Waals surface area contributed by atoms with E-state index in [1.54, 1.807) is 6.20 Å². The number of rotatable bonds is 4. The summed E-state index contributed by atoms with van der Waals surface area (Å²) in [4.78, 5) is 14.8. The summed E-state index contributed by atoms with van der Waals surface area (Å²) in [7, 11) is 0. The minimum absolute atomic E-state index is 0.0472. The van der Waals surface area contributed by atoms with Crippen LogP contribution in [0, 0.1) is 6.92 Å². The van der Waals surface area contributed by atoms with Crippen molar-refractivity contribution in [2.45, 2.75) is 19.9 Å². The normalized spacial score (nSPS) is 10.6. The van der Waals surface area contributed by atoms with Crippen LogP contribution in [0.5, 0.6) is 0 Å². The number of imidazole rings is 1. The summed E-state index contributed by atoms with van der Waals surface area (Å²) in [5.41, 5.74) is 1.68. The van der Waals surface area contributed by atoms with Crippen molar-refractivity contribution in [1.82, 2.24) is 9.55 Å². The van der Waals surface area contributed by atoms with E-state index in [-0.39, 0.29) is 6.42 Å². The number of carboxylic acids is 1. The number of hydrogen-bond donors (Lipinski definition) is 1. The third-order valence-corrected chi connectivity index (χ3v) is 2.88. The first-order valence-electron chi connectivity index (χ1n) is 5.53. The van der Waals surface area contributed by atoms with Gasteiger partial charge in [0.25, 0.3) is 0 Å². The number of carboxylic acid groups (broad SMARTS) is 1. The molecule has 0 bridgehead atoms. The predicted octanol–water partition coefficient (Wildman–Crippen LogP) is 2.52. The van der Waals surface area contributed by atoms with E-state index in [4.69, 9.17) is 16.7 Å². The van der Waals surface area contributed by atoms with Crippen LogP contribution in [0.2, 0.25) is 5.02 Å². The average molecular weight is 265 g/mol. The minimum Gasteiger partial charge on any atom is -0.481 e. The van der Waals surface area contributed by atoms with E-state index in [2.05, 4.69) is 4.98 Å². The number of aromatic nitrogens is 2. The summed E-state index contributed by atoms with van der Waals surface area (Å²) in [6.45, 7) is 2.52. The molecule has 0 saturated carbocycles. The van der Waals surface area contributed by atoms with Gasteiger partial charge in [0, 0.05) is 17.8 Å². The van der Waals surface area contributed by atoms with Crippen LogP contribution in [-0.2, 0) is 17.8 Å². The van der Waals surface area contributed by atoms with Crippen molar-refractivity contribution in [1.29, 1.82) is 0 Å². The van der Waals surface area contributed by atoms with Crippen molar-refractivity contribution < 1.29 is 9.90 Å². The number of benzene rings is 1. The Morgan fingerprint density at radius 1 is 1.39 bits per heavy atom. The fourth-order valence-corrected chi connectivity index (χ4v) is 1.89. The van der Waals surface area contributed by atoms with Gasteiger partial charge < -0.3 is 9.67 Å². The monoisotopic (exact) mass is 264 g/mol. The number of aliphatic carboxylic acids is 1. The van der Waals surface area contributed by atoms with Gasteiger partial charge in [-0.1, -0.05) is 23.7 Å². The van der Waals surface area contributed by atoms with Crippen LogP contribution in [0.4, 0.5) is 0 Å². The molecular formula is C13H13ClN2O2. The molecule has 0 radical (unpaired) electrons. The Hall–Kier alpha value is -1.81. The van der Waals surface area contributed by atoms with Gasteiger partial charge in [-0.15, -0.1) is 0 Å². The van der Waals surface area contributed by atoms with E-state index in [1.807, 2.05) is 35.8 Å². The largest absolute Gasteiger partial charge is 0.481 e. The van der Waals surface area contributed by atoms with Crippen LogP contribution in [0.1, 0.15) is 17.1 Å². The van der Waals surface area contributed by atoms with Gasteiger partial charge in [0.15, 0.2) is 0 Å². The molecule has 1 N–H and O–H groups in total. The lowest BCUT2D eigenvalue weighted by molar-refractivity contribution is -0.136. The molecule has 0 amide bonds. The zero-order valence-electron chi connectivity index (χ0n) is 9.93. The number of aryl methyl sites for hydroxylation is 1. The lowest BCUT2D eigenvalue weighted by atomic mass is 10.2. The predicted molar refractivity (Wildman–Crippen MR) is 68.9 cm³/mol. The first-order chi connectivity index (χ1) is 8.54. The molecule has 94 valence electrons. The molecule has 0 unspecified atom stereocenters. The van der Waals surface area contributed by atoms with E-state index in [1.165, 1.54) is 0 Å². The van der Waals surface area contributed by atoms with Crippen molar-refractivity contribution in [3.63, 3.8) is 0 Å². The fraction of sp³-hybridized carbons (Fsp3) is 0.231. The maximum absolute atomic E-state index is 10.6. The molecule has 0 aliphatic rings. The van der Waals surface area contributed by atoms with Crippen LogP contribution >= 0.6 is 11.6 Å². The van der Waals surface area contributed by atoms with E-state index in [9.17, 15) is 4.79 Å². The van der Waals surface area contributed by atoms with Gasteiger partial charge in [-0.05, 0) is 24.6 Å². The molecule has 18 heavy (non-hydrogen) atoms. The molecule has 1 aromatic carbocycles. The Balaban J connectivity index is 2.16. The Kier molecular flexibility index (Phi) is 3.67. The second-order valence-corrected chi connectivity index (χ2v) is 4.54. The Morgan fingerprint density at radius 3 is 2.67 bits per heavy atom. The molecule has 0 fully saturated rings. The third kappa shape index (κ3) is 3.11. The van der Waals surface area contributed by atoms with Crippen LogP contribution in [0.15, 0.2) is 30.5 Å². The number of hydrogen-bond acceptors (Lipinski definition) is 2. The van der Waals surface area contributed by atoms with E-state index < -0.39 is 5.97 Å². The fourth-order valence-electron chi connectivity index (χ4n) is 1.76. The highest BCUT2D eigenvalue weighted by Crippen LogP contribution is 2.12. The smallest absolute Gasteiger partial charge is 0.309 e. The van der Waals surface area contributed by atoms with E-state index in [0.717, 1.165) is 11.4 Å². The van der Waals surface area contributed by atoms with Crippen molar-refractivity contribution in [2.75, 3.05) is 0 Å². The zero-order chi connectivity index (χ0) is 13.1. The van der Waals surface area contributed by atoms with Crippen molar-refractivity contribution >= 4 is 17.6 Å². The molecular weight excluding hydrogens is 252 g/mol. The van der Waals surface area contributed by atoms with Crippen molar-refractivity contribution in [3.8, 4) is 0 Å². The molecule has 4 nitrogen and oxygen atoms in total. The van der Waals surface area contributed by atoms with Gasteiger partial charge in [0.05, 0.1) is 12.1 Å². The van der Waals surface area contributed by atoms with Gasteiger partial charge in [-0.25, -0.2) is 4.98 Å². The molecule has 5 heteroatoms. The van der Waals surface area contributed by atoms with Gasteiger partial charge in [0.2, 0.25) is 0 Å². The Bertz CT molecular complexity index is 561. The standard InChI is InChI=1S/C13H13ClN2O2/c1-9-15-12(6-13(17)18)8-16(9)7-10-2-4-11(14)5-3-10/h2-5,8H,6-7H2,1H3,(H,17,18). The van der Waals surface area contributed by atoms with Crippen molar-refractivity contribution in [3.05, 3.63) is 52.6 Å².